The van der Waals surface area contributed by atoms with Gasteiger partial charge in [0.15, 0.2) is 5.82 Å². The molecule has 3 heterocycles. The highest BCUT2D eigenvalue weighted by Crippen LogP contribution is 2.30. The van der Waals surface area contributed by atoms with Crippen molar-refractivity contribution in [2.24, 2.45) is 5.92 Å². The highest BCUT2D eigenvalue weighted by molar-refractivity contribution is 5.40. The monoisotopic (exact) mass is 433 g/mol. The van der Waals surface area contributed by atoms with Gasteiger partial charge in [-0.3, -0.25) is 4.79 Å². The number of aromatic nitrogens is 6. The Kier molecular flexibility index (Phi) is 5.53. The van der Waals surface area contributed by atoms with Gasteiger partial charge in [0, 0.05) is 17.8 Å². The SMILES string of the molecule is Cc1cc(C)n(-c2ccc(=O)n(C3CCC(Nc4cc5c(nn4)CCC(C)C5)CC3)n2)n1. The molecule has 1 saturated carbocycles. The predicted molar refractivity (Wildman–Crippen MR) is 123 cm³/mol. The Morgan fingerprint density at radius 3 is 2.56 bits per heavy atom. The third-order valence-electron chi connectivity index (χ3n) is 6.83. The quantitative estimate of drug-likeness (QED) is 0.677. The zero-order chi connectivity index (χ0) is 22.2. The molecule has 3 aromatic heterocycles. The van der Waals surface area contributed by atoms with Gasteiger partial charge in [0.25, 0.3) is 5.56 Å². The second-order valence-electron chi connectivity index (χ2n) is 9.51. The summed E-state index contributed by atoms with van der Waals surface area (Å²) in [7, 11) is 0. The lowest BCUT2D eigenvalue weighted by atomic mass is 9.88. The molecule has 0 aromatic carbocycles. The molecule has 1 atom stereocenters. The van der Waals surface area contributed by atoms with E-state index >= 15 is 0 Å². The van der Waals surface area contributed by atoms with E-state index in [-0.39, 0.29) is 11.6 Å². The van der Waals surface area contributed by atoms with Crippen molar-refractivity contribution in [3.63, 3.8) is 0 Å². The summed E-state index contributed by atoms with van der Waals surface area (Å²) in [6.07, 6.45) is 7.07. The topological polar surface area (TPSA) is 90.5 Å². The molecule has 168 valence electrons. The maximum absolute atomic E-state index is 12.6. The molecule has 32 heavy (non-hydrogen) atoms. The van der Waals surface area contributed by atoms with E-state index in [2.05, 4.69) is 38.7 Å². The highest BCUT2D eigenvalue weighted by atomic mass is 16.1. The van der Waals surface area contributed by atoms with Gasteiger partial charge < -0.3 is 5.32 Å². The molecule has 0 amide bonds. The molecule has 8 nitrogen and oxygen atoms in total. The number of fused-ring (bicyclic) bond motifs is 1. The van der Waals surface area contributed by atoms with Crippen LogP contribution in [0.3, 0.4) is 0 Å². The first-order valence-corrected chi connectivity index (χ1v) is 11.7. The van der Waals surface area contributed by atoms with Crippen LogP contribution < -0.4 is 10.9 Å². The van der Waals surface area contributed by atoms with Crippen molar-refractivity contribution in [1.82, 2.24) is 29.8 Å². The van der Waals surface area contributed by atoms with Crippen molar-refractivity contribution in [1.29, 1.82) is 0 Å². The molecule has 5 rings (SSSR count). The summed E-state index contributed by atoms with van der Waals surface area (Å²) in [4.78, 5) is 12.6. The van der Waals surface area contributed by atoms with E-state index in [9.17, 15) is 4.79 Å². The minimum Gasteiger partial charge on any atom is -0.366 e. The number of nitrogens with one attached hydrogen (secondary N) is 1. The zero-order valence-corrected chi connectivity index (χ0v) is 19.1. The van der Waals surface area contributed by atoms with E-state index in [0.717, 1.165) is 61.4 Å². The van der Waals surface area contributed by atoms with Crippen LogP contribution in [0.2, 0.25) is 0 Å². The molecule has 0 spiro atoms. The van der Waals surface area contributed by atoms with Crippen molar-refractivity contribution in [2.75, 3.05) is 5.32 Å². The predicted octanol–water partition coefficient (Wildman–Crippen LogP) is 3.56. The number of hydrogen-bond acceptors (Lipinski definition) is 6. The summed E-state index contributed by atoms with van der Waals surface area (Å²) in [6, 6.07) is 8.00. The van der Waals surface area contributed by atoms with Gasteiger partial charge in [-0.25, -0.2) is 9.36 Å². The Morgan fingerprint density at radius 2 is 1.81 bits per heavy atom. The standard InChI is InChI=1S/C24H31N7O/c1-15-4-9-21-18(12-15)14-22(27-26-21)25-19-5-7-20(8-6-19)31-24(32)11-10-23(29-31)30-17(3)13-16(2)28-30/h10-11,13-15,19-20H,4-9,12H2,1-3H3,(H,25,27). The summed E-state index contributed by atoms with van der Waals surface area (Å²) >= 11 is 0. The average molecular weight is 434 g/mol. The van der Waals surface area contributed by atoms with Crippen LogP contribution in [0.1, 0.15) is 67.7 Å². The summed E-state index contributed by atoms with van der Waals surface area (Å²) in [6.45, 7) is 6.26. The fourth-order valence-electron chi connectivity index (χ4n) is 5.10. The van der Waals surface area contributed by atoms with Crippen molar-refractivity contribution < 1.29 is 0 Å². The minimum atomic E-state index is -0.0543. The van der Waals surface area contributed by atoms with E-state index in [1.807, 2.05) is 19.9 Å². The summed E-state index contributed by atoms with van der Waals surface area (Å²) < 4.78 is 3.45. The van der Waals surface area contributed by atoms with E-state index in [4.69, 9.17) is 0 Å². The van der Waals surface area contributed by atoms with Gasteiger partial charge in [0.05, 0.1) is 17.4 Å². The number of nitrogens with zero attached hydrogens (tertiary/aromatic N) is 6. The number of aryl methyl sites for hydroxylation is 3. The van der Waals surface area contributed by atoms with Gasteiger partial charge in [-0.1, -0.05) is 6.92 Å². The molecule has 0 bridgehead atoms. The fraction of sp³-hybridized carbons (Fsp3) is 0.542. The number of hydrogen-bond donors (Lipinski definition) is 1. The Labute approximate surface area is 188 Å². The first kappa shape index (κ1) is 20.8. The van der Waals surface area contributed by atoms with Gasteiger partial charge in [-0.15, -0.1) is 10.2 Å². The molecule has 1 fully saturated rings. The van der Waals surface area contributed by atoms with Crippen LogP contribution in [0.5, 0.6) is 0 Å². The van der Waals surface area contributed by atoms with Crippen LogP contribution in [-0.2, 0) is 12.8 Å². The molecule has 1 unspecified atom stereocenters. The lowest BCUT2D eigenvalue weighted by molar-refractivity contribution is 0.302. The molecule has 0 aliphatic heterocycles. The Bertz CT molecular complexity index is 1170. The van der Waals surface area contributed by atoms with Crippen LogP contribution in [0.15, 0.2) is 29.1 Å². The third-order valence-corrected chi connectivity index (χ3v) is 6.83. The molecule has 3 aromatic rings. The first-order valence-electron chi connectivity index (χ1n) is 11.7. The van der Waals surface area contributed by atoms with E-state index < -0.39 is 0 Å². The van der Waals surface area contributed by atoms with E-state index in [1.54, 1.807) is 21.5 Å². The van der Waals surface area contributed by atoms with Crippen molar-refractivity contribution in [3.05, 3.63) is 57.3 Å². The van der Waals surface area contributed by atoms with Gasteiger partial charge in [-0.05, 0) is 88.5 Å². The zero-order valence-electron chi connectivity index (χ0n) is 19.1. The maximum Gasteiger partial charge on any atom is 0.267 e. The van der Waals surface area contributed by atoms with Gasteiger partial charge >= 0.3 is 0 Å². The number of anilines is 1. The average Bonchev–Trinajstić information content (AvgIpc) is 3.12. The Balaban J connectivity index is 1.26. The minimum absolute atomic E-state index is 0.0543. The molecular formula is C24H31N7O. The smallest absolute Gasteiger partial charge is 0.267 e. The van der Waals surface area contributed by atoms with Crippen LogP contribution in [0, 0.1) is 19.8 Å². The molecule has 2 aliphatic carbocycles. The first-order chi connectivity index (χ1) is 15.5. The summed E-state index contributed by atoms with van der Waals surface area (Å²) in [5, 5.41) is 21.6. The summed E-state index contributed by atoms with van der Waals surface area (Å²) in [5.41, 5.74) is 4.39. The Hall–Kier alpha value is -3.03. The second-order valence-corrected chi connectivity index (χ2v) is 9.51. The van der Waals surface area contributed by atoms with E-state index in [1.165, 1.54) is 12.0 Å². The van der Waals surface area contributed by atoms with Crippen molar-refractivity contribution >= 4 is 5.82 Å². The summed E-state index contributed by atoms with van der Waals surface area (Å²) in [5.74, 6) is 2.28. The van der Waals surface area contributed by atoms with Crippen LogP contribution in [-0.4, -0.2) is 35.8 Å². The van der Waals surface area contributed by atoms with Gasteiger partial charge in [0.2, 0.25) is 0 Å². The van der Waals surface area contributed by atoms with E-state index in [0.29, 0.717) is 17.8 Å². The Morgan fingerprint density at radius 1 is 1.00 bits per heavy atom. The highest BCUT2D eigenvalue weighted by Gasteiger charge is 2.25. The molecular weight excluding hydrogens is 402 g/mol. The molecule has 0 radical (unpaired) electrons. The maximum atomic E-state index is 12.6. The van der Waals surface area contributed by atoms with Crippen LogP contribution in [0.25, 0.3) is 5.82 Å². The second kappa shape index (κ2) is 8.48. The van der Waals surface area contributed by atoms with Crippen molar-refractivity contribution in [2.45, 2.75) is 77.8 Å². The van der Waals surface area contributed by atoms with Crippen LogP contribution in [0.4, 0.5) is 5.82 Å². The van der Waals surface area contributed by atoms with Gasteiger partial charge in [-0.2, -0.15) is 10.2 Å². The van der Waals surface area contributed by atoms with Crippen molar-refractivity contribution in [3.8, 4) is 5.82 Å². The lowest BCUT2D eigenvalue weighted by Crippen LogP contribution is -2.34. The molecule has 8 heteroatoms. The number of rotatable bonds is 4. The normalized spacial score (nSPS) is 23.0. The molecule has 1 N–H and O–H groups in total. The van der Waals surface area contributed by atoms with Crippen LogP contribution >= 0.6 is 0 Å². The fourth-order valence-corrected chi connectivity index (χ4v) is 5.10. The molecule has 2 aliphatic rings. The molecule has 0 saturated heterocycles. The lowest BCUT2D eigenvalue weighted by Gasteiger charge is -2.30. The largest absolute Gasteiger partial charge is 0.366 e. The third kappa shape index (κ3) is 4.18. The van der Waals surface area contributed by atoms with Gasteiger partial charge in [0.1, 0.15) is 5.82 Å².